The highest BCUT2D eigenvalue weighted by Crippen LogP contribution is 2.23. The van der Waals surface area contributed by atoms with E-state index in [4.69, 9.17) is 0 Å². The normalized spacial score (nSPS) is 11.4. The summed E-state index contributed by atoms with van der Waals surface area (Å²) in [4.78, 5) is 22.2. The maximum Gasteiger partial charge on any atom is 0.321 e. The molecule has 0 unspecified atom stereocenters. The number of aromatic nitrogens is 2. The molecule has 1 aromatic rings. The van der Waals surface area contributed by atoms with Gasteiger partial charge in [-0.2, -0.15) is 4.31 Å². The summed E-state index contributed by atoms with van der Waals surface area (Å²) in [7, 11) is -2.78. The molecule has 1 N–H and O–H groups in total. The van der Waals surface area contributed by atoms with Gasteiger partial charge in [-0.1, -0.05) is 18.3 Å². The highest BCUT2D eigenvalue weighted by molar-refractivity contribution is 7.91. The van der Waals surface area contributed by atoms with Crippen LogP contribution in [0, 0.1) is 0 Å². The molecule has 0 aliphatic heterocycles. The van der Waals surface area contributed by atoms with E-state index in [1.54, 1.807) is 6.92 Å². The summed E-state index contributed by atoms with van der Waals surface area (Å²) in [5, 5.41) is 9.56. The number of carbonyl (C=O) groups is 2. The molecule has 0 aliphatic rings. The summed E-state index contributed by atoms with van der Waals surface area (Å²) >= 11 is 0.721. The molecule has 0 bridgehead atoms. The van der Waals surface area contributed by atoms with Crippen LogP contribution in [0.2, 0.25) is 0 Å². The third kappa shape index (κ3) is 4.72. The van der Waals surface area contributed by atoms with Crippen molar-refractivity contribution in [3.63, 3.8) is 0 Å². The van der Waals surface area contributed by atoms with Gasteiger partial charge in [0.05, 0.1) is 7.11 Å². The van der Waals surface area contributed by atoms with Crippen molar-refractivity contribution in [2.45, 2.75) is 24.6 Å². The maximum atomic E-state index is 12.4. The number of rotatable bonds is 7. The Hall–Kier alpha value is -1.59. The molecule has 0 saturated carbocycles. The lowest BCUT2D eigenvalue weighted by molar-refractivity contribution is -0.140. The van der Waals surface area contributed by atoms with Gasteiger partial charge in [-0.15, -0.1) is 10.2 Å². The van der Waals surface area contributed by atoms with Gasteiger partial charge in [0.15, 0.2) is 0 Å². The summed E-state index contributed by atoms with van der Waals surface area (Å²) in [6.07, 6.45) is 0.521. The van der Waals surface area contributed by atoms with Crippen molar-refractivity contribution >= 4 is 38.4 Å². The number of hydrogen-bond acceptors (Lipinski definition) is 8. The van der Waals surface area contributed by atoms with Crippen LogP contribution in [-0.2, 0) is 24.3 Å². The Morgan fingerprint density at radius 3 is 2.57 bits per heavy atom. The molecule has 0 atom stereocenters. The topological polar surface area (TPSA) is 119 Å². The lowest BCUT2D eigenvalue weighted by Crippen LogP contribution is -2.36. The zero-order chi connectivity index (χ0) is 16.0. The molecule has 21 heavy (non-hydrogen) atoms. The average molecular weight is 336 g/mol. The largest absolute Gasteiger partial charge is 0.468 e. The molecule has 11 heteroatoms. The van der Waals surface area contributed by atoms with Gasteiger partial charge in [0.25, 0.3) is 10.0 Å². The summed E-state index contributed by atoms with van der Waals surface area (Å²) in [6.45, 7) is 2.80. The molecule has 1 amide bonds. The minimum atomic E-state index is -3.96. The Balaban J connectivity index is 3.01. The van der Waals surface area contributed by atoms with Gasteiger partial charge >= 0.3 is 5.97 Å². The second-order valence-electron chi connectivity index (χ2n) is 3.97. The van der Waals surface area contributed by atoms with E-state index in [0.29, 0.717) is 6.42 Å². The summed E-state index contributed by atoms with van der Waals surface area (Å²) < 4.78 is 29.9. The molecule has 1 heterocycles. The molecule has 0 spiro atoms. The van der Waals surface area contributed by atoms with Gasteiger partial charge in [0.1, 0.15) is 6.54 Å². The van der Waals surface area contributed by atoms with E-state index >= 15 is 0 Å². The van der Waals surface area contributed by atoms with Gasteiger partial charge in [-0.25, -0.2) is 8.42 Å². The fourth-order valence-corrected chi connectivity index (χ4v) is 3.93. The minimum Gasteiger partial charge on any atom is -0.468 e. The number of sulfonamides is 1. The van der Waals surface area contributed by atoms with Crippen molar-refractivity contribution < 1.29 is 22.7 Å². The van der Waals surface area contributed by atoms with Crippen molar-refractivity contribution in [3.05, 3.63) is 0 Å². The van der Waals surface area contributed by atoms with Gasteiger partial charge in [0, 0.05) is 13.5 Å². The zero-order valence-corrected chi connectivity index (χ0v) is 13.5. The standard InChI is InChI=1S/C10H16N4O5S2/c1-4-5-14(6-8(16)19-3)21(17,18)10-13-12-9(20-10)11-7(2)15/h4-6H2,1-3H3,(H,11,12,15). The van der Waals surface area contributed by atoms with Crippen LogP contribution in [0.15, 0.2) is 4.34 Å². The first kappa shape index (κ1) is 17.5. The van der Waals surface area contributed by atoms with E-state index < -0.39 is 22.5 Å². The molecule has 0 saturated heterocycles. The third-order valence-electron chi connectivity index (χ3n) is 2.26. The second kappa shape index (κ2) is 7.43. The van der Waals surface area contributed by atoms with Crippen LogP contribution in [0.3, 0.4) is 0 Å². The first-order valence-corrected chi connectivity index (χ1v) is 8.25. The molecule has 1 aromatic heterocycles. The first-order chi connectivity index (χ1) is 9.81. The van der Waals surface area contributed by atoms with Crippen LogP contribution in [-0.4, -0.2) is 55.0 Å². The number of hydrogen-bond donors (Lipinski definition) is 1. The van der Waals surface area contributed by atoms with Crippen molar-refractivity contribution in [1.82, 2.24) is 14.5 Å². The molecule has 0 fully saturated rings. The van der Waals surface area contributed by atoms with Gasteiger partial charge < -0.3 is 10.1 Å². The van der Waals surface area contributed by atoms with Crippen LogP contribution in [0.1, 0.15) is 20.3 Å². The zero-order valence-electron chi connectivity index (χ0n) is 11.8. The lowest BCUT2D eigenvalue weighted by Gasteiger charge is -2.18. The summed E-state index contributed by atoms with van der Waals surface area (Å²) in [5.74, 6) is -1.05. The van der Waals surface area contributed by atoms with Crippen molar-refractivity contribution in [1.29, 1.82) is 0 Å². The maximum absolute atomic E-state index is 12.4. The van der Waals surface area contributed by atoms with E-state index in [9.17, 15) is 18.0 Å². The third-order valence-corrected chi connectivity index (χ3v) is 5.29. The van der Waals surface area contributed by atoms with Crippen LogP contribution < -0.4 is 5.32 Å². The van der Waals surface area contributed by atoms with E-state index in [1.807, 2.05) is 0 Å². The van der Waals surface area contributed by atoms with Gasteiger partial charge in [-0.05, 0) is 6.42 Å². The fourth-order valence-electron chi connectivity index (χ4n) is 1.37. The van der Waals surface area contributed by atoms with Crippen molar-refractivity contribution in [2.75, 3.05) is 25.5 Å². The summed E-state index contributed by atoms with van der Waals surface area (Å²) in [6, 6.07) is 0. The van der Waals surface area contributed by atoms with Crippen LogP contribution in [0.5, 0.6) is 0 Å². The predicted molar refractivity (Wildman–Crippen MR) is 75.3 cm³/mol. The molecular formula is C10H16N4O5S2. The Morgan fingerprint density at radius 1 is 1.38 bits per heavy atom. The molecular weight excluding hydrogens is 320 g/mol. The Labute approximate surface area is 126 Å². The Morgan fingerprint density at radius 2 is 2.05 bits per heavy atom. The molecule has 9 nitrogen and oxygen atoms in total. The molecule has 1 rings (SSSR count). The van der Waals surface area contributed by atoms with Crippen LogP contribution in [0.25, 0.3) is 0 Å². The van der Waals surface area contributed by atoms with E-state index in [2.05, 4.69) is 20.3 Å². The predicted octanol–water partition coefficient (Wildman–Crippen LogP) is 0.0702. The molecule has 0 aromatic carbocycles. The SMILES string of the molecule is CCCN(CC(=O)OC)S(=O)(=O)c1nnc(NC(C)=O)s1. The Kier molecular flexibility index (Phi) is 6.18. The van der Waals surface area contributed by atoms with Crippen LogP contribution in [0.4, 0.5) is 5.13 Å². The average Bonchev–Trinajstić information content (AvgIpc) is 2.86. The first-order valence-electron chi connectivity index (χ1n) is 5.99. The monoisotopic (exact) mass is 336 g/mol. The number of ether oxygens (including phenoxy) is 1. The second-order valence-corrected chi connectivity index (χ2v) is 7.06. The Bertz CT molecular complexity index is 613. The number of esters is 1. The fraction of sp³-hybridized carbons (Fsp3) is 0.600. The van der Waals surface area contributed by atoms with E-state index in [1.165, 1.54) is 14.0 Å². The van der Waals surface area contributed by atoms with E-state index in [0.717, 1.165) is 15.6 Å². The van der Waals surface area contributed by atoms with Crippen LogP contribution >= 0.6 is 11.3 Å². The number of anilines is 1. The number of amides is 1. The van der Waals surface area contributed by atoms with Crippen molar-refractivity contribution in [2.24, 2.45) is 0 Å². The van der Waals surface area contributed by atoms with E-state index in [-0.39, 0.29) is 21.9 Å². The quantitative estimate of drug-likeness (QED) is 0.553. The number of methoxy groups -OCH3 is 1. The number of carbonyl (C=O) groups excluding carboxylic acids is 2. The highest BCUT2D eigenvalue weighted by atomic mass is 32.2. The summed E-state index contributed by atoms with van der Waals surface area (Å²) in [5.41, 5.74) is 0. The smallest absolute Gasteiger partial charge is 0.321 e. The number of nitrogens with zero attached hydrogens (tertiary/aromatic N) is 3. The van der Waals surface area contributed by atoms with Gasteiger partial charge in [-0.3, -0.25) is 9.59 Å². The van der Waals surface area contributed by atoms with Crippen molar-refractivity contribution in [3.8, 4) is 0 Å². The van der Waals surface area contributed by atoms with Gasteiger partial charge in [0.2, 0.25) is 15.4 Å². The molecule has 0 radical (unpaired) electrons. The molecule has 0 aliphatic carbocycles. The minimum absolute atomic E-state index is 0.0793. The molecule has 118 valence electrons. The lowest BCUT2D eigenvalue weighted by atomic mass is 10.5. The highest BCUT2D eigenvalue weighted by Gasteiger charge is 2.30. The number of nitrogens with one attached hydrogen (secondary N) is 1.